The average molecular weight is 795 g/mol. The normalized spacial score (nSPS) is 12.3. The van der Waals surface area contributed by atoms with Gasteiger partial charge in [0.2, 0.25) is 0 Å². The minimum absolute atomic E-state index is 0.0110. The fourth-order valence-corrected chi connectivity index (χ4v) is 6.67. The predicted molar refractivity (Wildman–Crippen MR) is 229 cm³/mol. The van der Waals surface area contributed by atoms with E-state index in [1.807, 2.05) is 19.3 Å². The third-order valence-corrected chi connectivity index (χ3v) is 10.2. The predicted octanol–water partition coefficient (Wildman–Crippen LogP) is 11.8. The molecular formula is C47H86O9. The first kappa shape index (κ1) is 53.9. The third kappa shape index (κ3) is 40.1. The molecule has 0 fully saturated rings. The Morgan fingerprint density at radius 1 is 0.446 bits per heavy atom. The average Bonchev–Trinajstić information content (AvgIpc) is 3.19. The number of hydrogen-bond donors (Lipinski definition) is 0. The van der Waals surface area contributed by atoms with Crippen LogP contribution >= 0.6 is 0 Å². The van der Waals surface area contributed by atoms with E-state index in [4.69, 9.17) is 28.4 Å². The van der Waals surface area contributed by atoms with E-state index in [-0.39, 0.29) is 50.4 Å². The third-order valence-electron chi connectivity index (χ3n) is 10.2. The first-order valence-electron chi connectivity index (χ1n) is 22.7. The second-order valence-corrected chi connectivity index (χ2v) is 15.5. The van der Waals surface area contributed by atoms with Crippen molar-refractivity contribution in [1.29, 1.82) is 0 Å². The first-order chi connectivity index (χ1) is 27.5. The van der Waals surface area contributed by atoms with E-state index in [9.17, 15) is 14.4 Å². The lowest BCUT2D eigenvalue weighted by atomic mass is 10.0. The summed E-state index contributed by atoms with van der Waals surface area (Å²) in [7, 11) is 5.16. The monoisotopic (exact) mass is 795 g/mol. The van der Waals surface area contributed by atoms with Crippen molar-refractivity contribution in [3.05, 3.63) is 24.7 Å². The summed E-state index contributed by atoms with van der Waals surface area (Å²) in [5.41, 5.74) is 0. The zero-order valence-electron chi connectivity index (χ0n) is 36.7. The van der Waals surface area contributed by atoms with Gasteiger partial charge in [0.05, 0.1) is 46.1 Å². The van der Waals surface area contributed by atoms with E-state index in [2.05, 4.69) is 6.92 Å². The number of carbonyl (C=O) groups excluding carboxylic acids is 3. The quantitative estimate of drug-likeness (QED) is 0.0440. The summed E-state index contributed by atoms with van der Waals surface area (Å²) < 4.78 is 32.9. The molecule has 0 saturated heterocycles. The Morgan fingerprint density at radius 3 is 1.23 bits per heavy atom. The van der Waals surface area contributed by atoms with Crippen molar-refractivity contribution in [1.82, 2.24) is 0 Å². The molecule has 0 aliphatic carbocycles. The molecule has 0 bridgehead atoms. The summed E-state index contributed by atoms with van der Waals surface area (Å²) in [5, 5.41) is 0. The summed E-state index contributed by atoms with van der Waals surface area (Å²) in [4.78, 5) is 37.5. The van der Waals surface area contributed by atoms with E-state index in [1.165, 1.54) is 70.6 Å². The Labute approximate surface area is 343 Å². The number of methoxy groups -OCH3 is 3. The highest BCUT2D eigenvalue weighted by Crippen LogP contribution is 2.16. The molecule has 0 radical (unpaired) electrons. The van der Waals surface area contributed by atoms with Crippen molar-refractivity contribution in [2.45, 2.75) is 205 Å². The molecule has 0 aliphatic rings. The SMILES string of the molecule is CCCCCCC(CCCCCCCCCCC(=O)COC(COCC(=O)CCCCCCC/C=C/OC)COCC(=O)CCCCCCC/C=C/OC)OC. The molecule has 9 nitrogen and oxygen atoms in total. The fraction of sp³-hybridized carbons (Fsp3) is 0.851. The number of rotatable bonds is 46. The minimum atomic E-state index is -0.515. The summed E-state index contributed by atoms with van der Waals surface area (Å²) in [5.74, 6) is 0.200. The van der Waals surface area contributed by atoms with Crippen molar-refractivity contribution >= 4 is 17.3 Å². The van der Waals surface area contributed by atoms with Crippen LogP contribution in [0, 0.1) is 0 Å². The molecule has 0 aromatic carbocycles. The van der Waals surface area contributed by atoms with Gasteiger partial charge < -0.3 is 28.4 Å². The van der Waals surface area contributed by atoms with Gasteiger partial charge in [0.15, 0.2) is 17.3 Å². The van der Waals surface area contributed by atoms with Gasteiger partial charge in [-0.15, -0.1) is 0 Å². The van der Waals surface area contributed by atoms with Crippen LogP contribution < -0.4 is 0 Å². The van der Waals surface area contributed by atoms with Gasteiger partial charge in [-0.25, -0.2) is 0 Å². The standard InChI is InChI=1S/C47H86O9/c1-5-6-7-27-34-46(53-4)35-28-21-15-9-8-12-20-26-33-45(50)40-56-47(41-54-38-43(48)31-24-18-13-10-16-22-29-36-51-2)42-55-39-44(49)32-25-19-14-11-17-23-30-37-52-3/h29-30,36-37,46-47H,5-28,31-35,38-42H2,1-4H3/b36-29+,37-30+. The Morgan fingerprint density at radius 2 is 0.821 bits per heavy atom. The van der Waals surface area contributed by atoms with E-state index >= 15 is 0 Å². The topological polar surface area (TPSA) is 107 Å². The van der Waals surface area contributed by atoms with Crippen LogP contribution in [0.2, 0.25) is 0 Å². The Hall–Kier alpha value is -2.07. The number of carbonyl (C=O) groups is 3. The lowest BCUT2D eigenvalue weighted by Gasteiger charge is -2.18. The molecule has 1 atom stereocenters. The summed E-state index contributed by atoms with van der Waals surface area (Å²) >= 11 is 0. The van der Waals surface area contributed by atoms with E-state index in [0.717, 1.165) is 96.3 Å². The molecule has 1 unspecified atom stereocenters. The van der Waals surface area contributed by atoms with Crippen LogP contribution in [0.1, 0.15) is 193 Å². The van der Waals surface area contributed by atoms with E-state index in [0.29, 0.717) is 25.4 Å². The van der Waals surface area contributed by atoms with Crippen molar-refractivity contribution < 1.29 is 42.8 Å². The Kier molecular flexibility index (Phi) is 42.4. The van der Waals surface area contributed by atoms with Gasteiger partial charge in [0.25, 0.3) is 0 Å². The smallest absolute Gasteiger partial charge is 0.158 e. The second-order valence-electron chi connectivity index (χ2n) is 15.5. The van der Waals surface area contributed by atoms with E-state index < -0.39 is 6.10 Å². The van der Waals surface area contributed by atoms with Crippen LogP contribution in [0.15, 0.2) is 24.7 Å². The lowest BCUT2D eigenvalue weighted by Crippen LogP contribution is -2.30. The molecule has 56 heavy (non-hydrogen) atoms. The molecule has 0 N–H and O–H groups in total. The van der Waals surface area contributed by atoms with Crippen molar-refractivity contribution in [3.8, 4) is 0 Å². The number of unbranched alkanes of at least 4 members (excludes halogenated alkanes) is 20. The van der Waals surface area contributed by atoms with Crippen LogP contribution in [-0.2, 0) is 42.8 Å². The molecule has 0 aromatic rings. The molecule has 0 aliphatic heterocycles. The highest BCUT2D eigenvalue weighted by atomic mass is 16.6. The molecule has 328 valence electrons. The summed E-state index contributed by atoms with van der Waals surface area (Å²) in [6.45, 7) is 2.57. The van der Waals surface area contributed by atoms with Crippen LogP contribution in [0.25, 0.3) is 0 Å². The first-order valence-corrected chi connectivity index (χ1v) is 22.7. The van der Waals surface area contributed by atoms with Gasteiger partial charge in [-0.3, -0.25) is 14.4 Å². The zero-order valence-corrected chi connectivity index (χ0v) is 36.7. The maximum absolute atomic E-state index is 12.7. The van der Waals surface area contributed by atoms with Gasteiger partial charge >= 0.3 is 0 Å². The molecule has 0 rings (SSSR count). The molecule has 0 aromatic heterocycles. The second kappa shape index (κ2) is 44.0. The molecule has 0 spiro atoms. The maximum atomic E-state index is 12.7. The number of Topliss-reactive ketones (excluding diaryl/α,β-unsaturated/α-hetero) is 3. The van der Waals surface area contributed by atoms with Gasteiger partial charge in [-0.2, -0.15) is 0 Å². The minimum Gasteiger partial charge on any atom is -0.505 e. The number of allylic oxidation sites excluding steroid dienone is 2. The van der Waals surface area contributed by atoms with Crippen LogP contribution in [0.5, 0.6) is 0 Å². The summed E-state index contributed by atoms with van der Waals surface area (Å²) in [6.07, 6.45) is 38.3. The number of ketones is 3. The molecule has 9 heteroatoms. The van der Waals surface area contributed by atoms with Crippen LogP contribution in [-0.4, -0.2) is 83.9 Å². The van der Waals surface area contributed by atoms with Crippen molar-refractivity contribution in [3.63, 3.8) is 0 Å². The highest BCUT2D eigenvalue weighted by molar-refractivity contribution is 5.80. The maximum Gasteiger partial charge on any atom is 0.158 e. The summed E-state index contributed by atoms with van der Waals surface area (Å²) in [6, 6.07) is 0. The van der Waals surface area contributed by atoms with E-state index in [1.54, 1.807) is 26.7 Å². The van der Waals surface area contributed by atoms with Crippen LogP contribution in [0.4, 0.5) is 0 Å². The fourth-order valence-electron chi connectivity index (χ4n) is 6.67. The molecule has 0 heterocycles. The number of hydrogen-bond acceptors (Lipinski definition) is 9. The highest BCUT2D eigenvalue weighted by Gasteiger charge is 2.15. The number of ether oxygens (including phenoxy) is 6. The van der Waals surface area contributed by atoms with Crippen molar-refractivity contribution in [2.24, 2.45) is 0 Å². The van der Waals surface area contributed by atoms with Crippen LogP contribution in [0.3, 0.4) is 0 Å². The largest absolute Gasteiger partial charge is 0.505 e. The van der Waals surface area contributed by atoms with Crippen molar-refractivity contribution in [2.75, 3.05) is 54.4 Å². The van der Waals surface area contributed by atoms with Gasteiger partial charge in [-0.1, -0.05) is 116 Å². The Balaban J connectivity index is 4.35. The van der Waals surface area contributed by atoms with Gasteiger partial charge in [-0.05, 0) is 69.9 Å². The molecular weight excluding hydrogens is 709 g/mol. The molecule has 0 saturated carbocycles. The molecule has 0 amide bonds. The van der Waals surface area contributed by atoms with Gasteiger partial charge in [0, 0.05) is 26.4 Å². The lowest BCUT2D eigenvalue weighted by molar-refractivity contribution is -0.135. The zero-order chi connectivity index (χ0) is 41.0. The Bertz CT molecular complexity index is 889. The van der Waals surface area contributed by atoms with Gasteiger partial charge in [0.1, 0.15) is 25.9 Å².